The van der Waals surface area contributed by atoms with Crippen LogP contribution in [0.1, 0.15) is 44.7 Å². The number of benzene rings is 1. The maximum absolute atomic E-state index is 11.5. The summed E-state index contributed by atoms with van der Waals surface area (Å²) in [5.74, 6) is -0.255. The Bertz CT molecular complexity index is 1140. The molecule has 0 radical (unpaired) electrons. The molecule has 2 heterocycles. The number of rotatable bonds is 9. The topological polar surface area (TPSA) is 120 Å². The van der Waals surface area contributed by atoms with Crippen molar-refractivity contribution in [1.82, 2.24) is 14.8 Å². The van der Waals surface area contributed by atoms with Crippen molar-refractivity contribution in [3.63, 3.8) is 0 Å². The number of carboxylic acid groups (broad SMARTS) is 1. The van der Waals surface area contributed by atoms with E-state index in [2.05, 4.69) is 23.9 Å². The zero-order valence-electron chi connectivity index (χ0n) is 18.6. The number of nitrogens with two attached hydrogens (primary N) is 1. The largest absolute Gasteiger partial charge is 0.481 e. The fraction of sp³-hybridized carbons (Fsp3) is 0.348. The molecule has 0 amide bonds. The highest BCUT2D eigenvalue weighted by molar-refractivity contribution is 7.82. The summed E-state index contributed by atoms with van der Waals surface area (Å²) >= 11 is 0. The lowest BCUT2D eigenvalue weighted by atomic mass is 9.89. The molecular formula is C23H28N4O4S. The van der Waals surface area contributed by atoms with Gasteiger partial charge in [-0.05, 0) is 54.2 Å². The van der Waals surface area contributed by atoms with Gasteiger partial charge in [-0.3, -0.25) is 9.48 Å². The highest BCUT2D eigenvalue weighted by Crippen LogP contribution is 2.32. The number of pyridine rings is 1. The normalized spacial score (nSPS) is 12.7. The van der Waals surface area contributed by atoms with E-state index in [0.29, 0.717) is 10.9 Å². The Kier molecular flexibility index (Phi) is 7.10. The van der Waals surface area contributed by atoms with Crippen LogP contribution < -0.4 is 9.88 Å². The van der Waals surface area contributed by atoms with Gasteiger partial charge >= 0.3 is 5.97 Å². The SMILES string of the molecule is CC(C)c1cccc(-c2ccnc(OCC(C)(C)n3ccc(S(N)=O)n3)c2)c1CC(=O)O. The molecule has 0 saturated carbocycles. The van der Waals surface area contributed by atoms with Crippen LogP contribution in [-0.2, 0) is 27.7 Å². The summed E-state index contributed by atoms with van der Waals surface area (Å²) in [4.78, 5) is 15.8. The summed E-state index contributed by atoms with van der Waals surface area (Å²) in [6.45, 7) is 8.23. The van der Waals surface area contributed by atoms with Crippen LogP contribution in [0.25, 0.3) is 11.1 Å². The predicted molar refractivity (Wildman–Crippen MR) is 123 cm³/mol. The second-order valence-electron chi connectivity index (χ2n) is 8.48. The van der Waals surface area contributed by atoms with Gasteiger partial charge in [0.2, 0.25) is 5.88 Å². The van der Waals surface area contributed by atoms with Gasteiger partial charge in [-0.25, -0.2) is 14.3 Å². The smallest absolute Gasteiger partial charge is 0.307 e. The van der Waals surface area contributed by atoms with Crippen molar-refractivity contribution in [2.24, 2.45) is 5.14 Å². The molecule has 0 aliphatic heterocycles. The summed E-state index contributed by atoms with van der Waals surface area (Å²) in [5.41, 5.74) is 2.96. The number of carboxylic acids is 1. The molecule has 3 aromatic rings. The third kappa shape index (κ3) is 5.41. The van der Waals surface area contributed by atoms with Gasteiger partial charge in [-0.15, -0.1) is 0 Å². The van der Waals surface area contributed by atoms with E-state index < -0.39 is 22.5 Å². The lowest BCUT2D eigenvalue weighted by Gasteiger charge is -2.25. The molecule has 32 heavy (non-hydrogen) atoms. The molecule has 1 unspecified atom stereocenters. The standard InChI is InChI=1S/C23H28N4O4S/c1-15(2)17-6-5-7-18(19(17)13-22(28)29)16-8-10-25-20(12-16)31-14-23(3,4)27-11-9-21(26-27)32(24)30/h5-12,15H,13-14,24H2,1-4H3,(H,28,29). The maximum Gasteiger partial charge on any atom is 0.307 e. The van der Waals surface area contributed by atoms with Crippen LogP contribution in [0.4, 0.5) is 0 Å². The molecule has 2 aromatic heterocycles. The molecule has 1 atom stereocenters. The van der Waals surface area contributed by atoms with Crippen LogP contribution in [0.15, 0.2) is 53.8 Å². The first-order valence-electron chi connectivity index (χ1n) is 10.2. The van der Waals surface area contributed by atoms with E-state index in [1.54, 1.807) is 23.1 Å². The molecule has 0 aliphatic rings. The third-order valence-electron chi connectivity index (χ3n) is 5.17. The first-order valence-corrected chi connectivity index (χ1v) is 11.4. The van der Waals surface area contributed by atoms with Crippen LogP contribution >= 0.6 is 0 Å². The highest BCUT2D eigenvalue weighted by atomic mass is 32.2. The minimum Gasteiger partial charge on any atom is -0.481 e. The van der Waals surface area contributed by atoms with Gasteiger partial charge in [0.25, 0.3) is 0 Å². The lowest BCUT2D eigenvalue weighted by Crippen LogP contribution is -2.34. The Labute approximate surface area is 190 Å². The molecule has 1 aromatic carbocycles. The Morgan fingerprint density at radius 2 is 2.03 bits per heavy atom. The Balaban J connectivity index is 1.86. The molecular weight excluding hydrogens is 428 g/mol. The van der Waals surface area contributed by atoms with Gasteiger partial charge in [0.15, 0.2) is 5.03 Å². The van der Waals surface area contributed by atoms with Crippen molar-refractivity contribution < 1.29 is 18.8 Å². The van der Waals surface area contributed by atoms with Gasteiger partial charge in [0, 0.05) is 18.5 Å². The van der Waals surface area contributed by atoms with Crippen molar-refractivity contribution in [2.45, 2.75) is 50.6 Å². The fourth-order valence-corrected chi connectivity index (χ4v) is 3.85. The van der Waals surface area contributed by atoms with Gasteiger partial charge in [0.1, 0.15) is 17.6 Å². The average Bonchev–Trinajstić information content (AvgIpc) is 3.24. The molecule has 0 aliphatic carbocycles. The predicted octanol–water partition coefficient (Wildman–Crippen LogP) is 3.49. The van der Waals surface area contributed by atoms with E-state index >= 15 is 0 Å². The van der Waals surface area contributed by atoms with Crippen molar-refractivity contribution in [3.05, 3.63) is 59.9 Å². The Morgan fingerprint density at radius 1 is 1.28 bits per heavy atom. The monoisotopic (exact) mass is 456 g/mol. The third-order valence-corrected chi connectivity index (χ3v) is 5.80. The number of hydrogen-bond donors (Lipinski definition) is 2. The maximum atomic E-state index is 11.5. The molecule has 0 spiro atoms. The Morgan fingerprint density at radius 3 is 2.66 bits per heavy atom. The van der Waals surface area contributed by atoms with Crippen LogP contribution in [0.2, 0.25) is 0 Å². The second kappa shape index (κ2) is 9.62. The van der Waals surface area contributed by atoms with E-state index in [0.717, 1.165) is 22.3 Å². The van der Waals surface area contributed by atoms with Gasteiger partial charge in [0.05, 0.1) is 12.0 Å². The van der Waals surface area contributed by atoms with Gasteiger partial charge in [-0.1, -0.05) is 32.0 Å². The molecule has 3 N–H and O–H groups in total. The quantitative estimate of drug-likeness (QED) is 0.508. The summed E-state index contributed by atoms with van der Waals surface area (Å²) in [7, 11) is -1.65. The van der Waals surface area contributed by atoms with Gasteiger partial charge < -0.3 is 9.84 Å². The summed E-state index contributed by atoms with van der Waals surface area (Å²) in [6.07, 6.45) is 3.30. The van der Waals surface area contributed by atoms with E-state index in [1.165, 1.54) is 0 Å². The van der Waals surface area contributed by atoms with Crippen molar-refractivity contribution in [3.8, 4) is 17.0 Å². The van der Waals surface area contributed by atoms with Crippen molar-refractivity contribution >= 4 is 17.0 Å². The molecule has 9 heteroatoms. The molecule has 0 fully saturated rings. The number of carbonyl (C=O) groups is 1. The Hall–Kier alpha value is -3.04. The summed E-state index contributed by atoms with van der Waals surface area (Å²) in [6, 6.07) is 11.1. The first kappa shape index (κ1) is 23.6. The zero-order chi connectivity index (χ0) is 23.5. The lowest BCUT2D eigenvalue weighted by molar-refractivity contribution is -0.136. The molecule has 3 rings (SSSR count). The molecule has 0 saturated heterocycles. The summed E-state index contributed by atoms with van der Waals surface area (Å²) < 4.78 is 19.1. The zero-order valence-corrected chi connectivity index (χ0v) is 19.4. The number of hydrogen-bond acceptors (Lipinski definition) is 5. The van der Waals surface area contributed by atoms with E-state index in [-0.39, 0.29) is 18.9 Å². The van der Waals surface area contributed by atoms with E-state index in [4.69, 9.17) is 9.88 Å². The highest BCUT2D eigenvalue weighted by Gasteiger charge is 2.24. The molecule has 0 bridgehead atoms. The average molecular weight is 457 g/mol. The minimum absolute atomic E-state index is 0.0562. The van der Waals surface area contributed by atoms with Crippen LogP contribution in [0.5, 0.6) is 5.88 Å². The second-order valence-corrected chi connectivity index (χ2v) is 9.49. The minimum atomic E-state index is -1.65. The molecule has 170 valence electrons. The van der Waals surface area contributed by atoms with Crippen molar-refractivity contribution in [2.75, 3.05) is 6.61 Å². The number of nitrogens with zero attached hydrogens (tertiary/aromatic N) is 3. The fourth-order valence-electron chi connectivity index (χ4n) is 3.49. The molecule has 8 nitrogen and oxygen atoms in total. The number of aromatic nitrogens is 3. The van der Waals surface area contributed by atoms with E-state index in [1.807, 2.05) is 44.2 Å². The van der Waals surface area contributed by atoms with Crippen LogP contribution in [0, 0.1) is 0 Å². The first-order chi connectivity index (χ1) is 15.1. The summed E-state index contributed by atoms with van der Waals surface area (Å²) in [5, 5.41) is 19.4. The number of aliphatic carboxylic acids is 1. The van der Waals surface area contributed by atoms with Crippen molar-refractivity contribution in [1.29, 1.82) is 0 Å². The number of ether oxygens (including phenoxy) is 1. The van der Waals surface area contributed by atoms with E-state index in [9.17, 15) is 14.1 Å². The van der Waals surface area contributed by atoms with Crippen LogP contribution in [0.3, 0.4) is 0 Å². The van der Waals surface area contributed by atoms with Crippen LogP contribution in [-0.4, -0.2) is 36.7 Å². The van der Waals surface area contributed by atoms with Gasteiger partial charge in [-0.2, -0.15) is 5.10 Å².